The fourth-order valence-electron chi connectivity index (χ4n) is 2.96. The molecule has 156 valence electrons. The van der Waals surface area contributed by atoms with Crippen LogP contribution in [0.2, 0.25) is 5.02 Å². The van der Waals surface area contributed by atoms with Crippen LogP contribution in [-0.4, -0.2) is 22.0 Å². The molecule has 2 amide bonds. The molecule has 31 heavy (non-hydrogen) atoms. The molecule has 3 aromatic rings. The lowest BCUT2D eigenvalue weighted by Crippen LogP contribution is -2.27. The van der Waals surface area contributed by atoms with Gasteiger partial charge in [-0.25, -0.2) is 4.39 Å². The summed E-state index contributed by atoms with van der Waals surface area (Å²) in [6.45, 7) is 0.0367. The van der Waals surface area contributed by atoms with E-state index in [1.807, 2.05) is 0 Å². The zero-order valence-corrected chi connectivity index (χ0v) is 17.2. The summed E-state index contributed by atoms with van der Waals surface area (Å²) in [5.41, 5.74) is 1.04. The maximum atomic E-state index is 13.1. The minimum atomic E-state index is -1.38. The van der Waals surface area contributed by atoms with Crippen LogP contribution >= 0.6 is 23.4 Å². The number of halogens is 2. The van der Waals surface area contributed by atoms with Gasteiger partial charge in [0.2, 0.25) is 0 Å². The Morgan fingerprint density at radius 3 is 2.55 bits per heavy atom. The Morgan fingerprint density at radius 1 is 1.13 bits per heavy atom. The average Bonchev–Trinajstić information content (AvgIpc) is 3.29. The number of nitrogens with zero attached hydrogens (tertiary/aromatic N) is 1. The molecule has 0 radical (unpaired) electrons. The van der Waals surface area contributed by atoms with Crippen LogP contribution < -0.4 is 5.11 Å². The van der Waals surface area contributed by atoms with Crippen LogP contribution in [0.25, 0.3) is 17.4 Å². The average molecular weight is 457 g/mol. The van der Waals surface area contributed by atoms with Crippen molar-refractivity contribution >= 4 is 46.6 Å². The second kappa shape index (κ2) is 8.41. The van der Waals surface area contributed by atoms with Gasteiger partial charge in [-0.3, -0.25) is 14.5 Å². The van der Waals surface area contributed by atoms with Gasteiger partial charge in [-0.15, -0.1) is 0 Å². The van der Waals surface area contributed by atoms with Crippen LogP contribution in [0, 0.1) is 5.82 Å². The van der Waals surface area contributed by atoms with Crippen molar-refractivity contribution < 1.29 is 28.3 Å². The Morgan fingerprint density at radius 2 is 1.87 bits per heavy atom. The van der Waals surface area contributed by atoms with Gasteiger partial charge in [-0.05, 0) is 47.7 Å². The van der Waals surface area contributed by atoms with E-state index in [0.717, 1.165) is 16.7 Å². The third kappa shape index (κ3) is 4.40. The number of carbonyl (C=O) groups is 3. The monoisotopic (exact) mass is 456 g/mol. The summed E-state index contributed by atoms with van der Waals surface area (Å²) < 4.78 is 18.8. The number of imide groups is 1. The van der Waals surface area contributed by atoms with Gasteiger partial charge in [0.25, 0.3) is 11.1 Å². The summed E-state index contributed by atoms with van der Waals surface area (Å²) >= 11 is 6.74. The zero-order valence-electron chi connectivity index (χ0n) is 15.6. The predicted molar refractivity (Wildman–Crippen MR) is 111 cm³/mol. The first-order valence-electron chi connectivity index (χ1n) is 8.93. The van der Waals surface area contributed by atoms with Gasteiger partial charge in [-0.1, -0.05) is 35.9 Å². The third-order valence-corrected chi connectivity index (χ3v) is 5.72. The molecule has 1 aliphatic rings. The van der Waals surface area contributed by atoms with E-state index in [-0.39, 0.29) is 22.0 Å². The highest BCUT2D eigenvalue weighted by molar-refractivity contribution is 8.18. The molecule has 2 aromatic carbocycles. The standard InChI is InChI=1S/C22H13ClFNO5S/c23-17-9-13(3-7-16(17)21(27)28)18-8-6-15(30-18)10-19-20(26)25(22(29)31-19)11-12-1-4-14(24)5-2-12/h1-10H,11H2,(H,27,28)/p-1/b19-10-. The third-order valence-electron chi connectivity index (χ3n) is 4.50. The summed E-state index contributed by atoms with van der Waals surface area (Å²) in [5, 5.41) is 10.6. The largest absolute Gasteiger partial charge is 0.545 e. The zero-order chi connectivity index (χ0) is 22.1. The van der Waals surface area contributed by atoms with E-state index < -0.39 is 22.9 Å². The number of amides is 2. The number of rotatable bonds is 5. The number of carboxylic acid groups (broad SMARTS) is 1. The molecule has 1 aromatic heterocycles. The molecule has 0 spiro atoms. The first-order chi connectivity index (χ1) is 14.8. The number of aromatic carboxylic acids is 1. The summed E-state index contributed by atoms with van der Waals surface area (Å²) in [4.78, 5) is 37.1. The Labute approximate surface area is 184 Å². The Balaban J connectivity index is 1.53. The number of benzene rings is 2. The van der Waals surface area contributed by atoms with E-state index in [1.165, 1.54) is 48.5 Å². The van der Waals surface area contributed by atoms with Gasteiger partial charge in [0.15, 0.2) is 0 Å². The molecule has 1 saturated heterocycles. The molecule has 0 bridgehead atoms. The molecule has 6 nitrogen and oxygen atoms in total. The number of hydrogen-bond acceptors (Lipinski definition) is 6. The first-order valence-corrected chi connectivity index (χ1v) is 10.1. The second-order valence-electron chi connectivity index (χ2n) is 6.58. The maximum Gasteiger partial charge on any atom is 0.293 e. The molecular weight excluding hydrogens is 445 g/mol. The topological polar surface area (TPSA) is 90.6 Å². The van der Waals surface area contributed by atoms with Crippen molar-refractivity contribution in [1.82, 2.24) is 4.90 Å². The van der Waals surface area contributed by atoms with Gasteiger partial charge in [0, 0.05) is 17.2 Å². The summed E-state index contributed by atoms with van der Waals surface area (Å²) in [7, 11) is 0. The van der Waals surface area contributed by atoms with Crippen LogP contribution in [0.4, 0.5) is 9.18 Å². The lowest BCUT2D eigenvalue weighted by Gasteiger charge is -2.12. The van der Waals surface area contributed by atoms with E-state index in [2.05, 4.69) is 0 Å². The van der Waals surface area contributed by atoms with Crippen molar-refractivity contribution in [3.63, 3.8) is 0 Å². The molecule has 0 aliphatic carbocycles. The van der Waals surface area contributed by atoms with Gasteiger partial charge in [-0.2, -0.15) is 0 Å². The van der Waals surface area contributed by atoms with Crippen LogP contribution in [0.3, 0.4) is 0 Å². The van der Waals surface area contributed by atoms with Crippen molar-refractivity contribution in [3.05, 3.63) is 87.2 Å². The number of carbonyl (C=O) groups excluding carboxylic acids is 3. The number of carboxylic acids is 1. The van der Waals surface area contributed by atoms with Gasteiger partial charge in [0.05, 0.1) is 22.4 Å². The quantitative estimate of drug-likeness (QED) is 0.530. The molecule has 4 rings (SSSR count). The van der Waals surface area contributed by atoms with Crippen LogP contribution in [0.15, 0.2) is 63.9 Å². The maximum absolute atomic E-state index is 13.1. The molecule has 0 saturated carbocycles. The van der Waals surface area contributed by atoms with Crippen molar-refractivity contribution in [2.75, 3.05) is 0 Å². The van der Waals surface area contributed by atoms with Crippen molar-refractivity contribution in [2.24, 2.45) is 0 Å². The van der Waals surface area contributed by atoms with Gasteiger partial charge in [0.1, 0.15) is 17.3 Å². The van der Waals surface area contributed by atoms with Crippen LogP contribution in [0.1, 0.15) is 21.7 Å². The van der Waals surface area contributed by atoms with E-state index in [0.29, 0.717) is 22.6 Å². The summed E-state index contributed by atoms with van der Waals surface area (Å²) in [6.07, 6.45) is 1.45. The highest BCUT2D eigenvalue weighted by Crippen LogP contribution is 2.34. The molecule has 9 heteroatoms. The minimum Gasteiger partial charge on any atom is -0.545 e. The number of furan rings is 1. The summed E-state index contributed by atoms with van der Waals surface area (Å²) in [6, 6.07) is 13.1. The Bertz CT molecular complexity index is 1230. The molecule has 0 unspecified atom stereocenters. The molecule has 0 atom stereocenters. The molecule has 2 heterocycles. The first kappa shape index (κ1) is 20.9. The number of hydrogen-bond donors (Lipinski definition) is 0. The predicted octanol–water partition coefficient (Wildman–Crippen LogP) is 4.34. The molecule has 0 N–H and O–H groups in total. The Kier molecular flexibility index (Phi) is 5.67. The fourth-order valence-corrected chi connectivity index (χ4v) is 4.03. The Hall–Kier alpha value is -3.36. The minimum absolute atomic E-state index is 0.0114. The highest BCUT2D eigenvalue weighted by Gasteiger charge is 2.35. The van der Waals surface area contributed by atoms with Crippen molar-refractivity contribution in [3.8, 4) is 11.3 Å². The van der Waals surface area contributed by atoms with Crippen LogP contribution in [0.5, 0.6) is 0 Å². The number of thioether (sulfide) groups is 1. The molecule has 1 aliphatic heterocycles. The van der Waals surface area contributed by atoms with Crippen molar-refractivity contribution in [2.45, 2.75) is 6.54 Å². The molecular formula is C22H12ClFNO5S-. The lowest BCUT2D eigenvalue weighted by molar-refractivity contribution is -0.255. The second-order valence-corrected chi connectivity index (χ2v) is 7.98. The normalized spacial score (nSPS) is 15.2. The fraction of sp³-hybridized carbons (Fsp3) is 0.0455. The smallest absolute Gasteiger partial charge is 0.293 e. The van der Waals surface area contributed by atoms with E-state index in [1.54, 1.807) is 12.1 Å². The lowest BCUT2D eigenvalue weighted by atomic mass is 10.1. The molecule has 1 fully saturated rings. The van der Waals surface area contributed by atoms with Gasteiger partial charge >= 0.3 is 0 Å². The SMILES string of the molecule is O=C([O-])c1ccc(-c2ccc(/C=C3\SC(=O)N(Cc4ccc(F)cc4)C3=O)o2)cc1Cl. The van der Waals surface area contributed by atoms with Crippen LogP contribution in [-0.2, 0) is 11.3 Å². The van der Waals surface area contributed by atoms with Crippen molar-refractivity contribution in [1.29, 1.82) is 0 Å². The van der Waals surface area contributed by atoms with E-state index in [9.17, 15) is 23.9 Å². The van der Waals surface area contributed by atoms with Gasteiger partial charge < -0.3 is 14.3 Å². The van der Waals surface area contributed by atoms with E-state index in [4.69, 9.17) is 16.0 Å². The van der Waals surface area contributed by atoms with E-state index >= 15 is 0 Å². The highest BCUT2D eigenvalue weighted by atomic mass is 35.5. The summed E-state index contributed by atoms with van der Waals surface area (Å²) in [5.74, 6) is -1.51.